The smallest absolute Gasteiger partial charge is 0.406 e. The highest BCUT2D eigenvalue weighted by Gasteiger charge is 2.35. The second-order valence-electron chi connectivity index (χ2n) is 10.8. The first-order valence-corrected chi connectivity index (χ1v) is 14.0. The van der Waals surface area contributed by atoms with E-state index in [2.05, 4.69) is 30.8 Å². The van der Waals surface area contributed by atoms with Gasteiger partial charge in [-0.2, -0.15) is 0 Å². The van der Waals surface area contributed by atoms with Crippen molar-refractivity contribution in [3.8, 4) is 5.75 Å². The van der Waals surface area contributed by atoms with E-state index in [0.29, 0.717) is 28.6 Å². The average molecular weight is 538 g/mol. The molecule has 1 N–H and O–H groups in total. The molecule has 3 aromatic rings. The maximum absolute atomic E-state index is 12.7. The number of imidazole rings is 1. The number of sulfone groups is 1. The summed E-state index contributed by atoms with van der Waals surface area (Å²) in [7, 11) is -3.49. The lowest BCUT2D eigenvalue weighted by Gasteiger charge is -2.40. The number of nitrogens with one attached hydrogen (secondary N) is 1. The van der Waals surface area contributed by atoms with Crippen LogP contribution in [-0.2, 0) is 9.84 Å². The SMILES string of the molecule is C[C@H]1C[C@@H](n2c(Nc3ccc(OC(F)(F)F)cc3)nc3ccc(C(=O)CS(C)(=O)=O)cc32)CC(C)(C)C1. The van der Waals surface area contributed by atoms with Crippen LogP contribution in [0.5, 0.6) is 5.75 Å². The lowest BCUT2D eigenvalue weighted by atomic mass is 9.70. The van der Waals surface area contributed by atoms with E-state index >= 15 is 0 Å². The summed E-state index contributed by atoms with van der Waals surface area (Å²) in [4.78, 5) is 17.4. The molecule has 1 fully saturated rings. The van der Waals surface area contributed by atoms with Crippen molar-refractivity contribution in [2.24, 2.45) is 11.3 Å². The second kappa shape index (κ2) is 9.66. The number of alkyl halides is 3. The van der Waals surface area contributed by atoms with Crippen molar-refractivity contribution >= 4 is 38.3 Å². The summed E-state index contributed by atoms with van der Waals surface area (Å²) in [6.07, 6.45) is -0.954. The summed E-state index contributed by atoms with van der Waals surface area (Å²) in [5, 5.41) is 3.21. The summed E-state index contributed by atoms with van der Waals surface area (Å²) in [6, 6.07) is 10.3. The molecule has 0 spiro atoms. The molecule has 0 bridgehead atoms. The molecule has 11 heteroatoms. The van der Waals surface area contributed by atoms with Gasteiger partial charge in [0, 0.05) is 23.5 Å². The molecule has 1 heterocycles. The average Bonchev–Trinajstić information content (AvgIpc) is 3.08. The van der Waals surface area contributed by atoms with E-state index < -0.39 is 27.7 Å². The maximum Gasteiger partial charge on any atom is 0.573 e. The number of anilines is 2. The minimum absolute atomic E-state index is 0.0411. The zero-order valence-corrected chi connectivity index (χ0v) is 21.9. The topological polar surface area (TPSA) is 90.3 Å². The Morgan fingerprint density at radius 3 is 2.43 bits per heavy atom. The number of benzene rings is 2. The van der Waals surface area contributed by atoms with Crippen molar-refractivity contribution in [3.63, 3.8) is 0 Å². The van der Waals surface area contributed by atoms with Crippen LogP contribution in [0.4, 0.5) is 24.8 Å². The molecule has 0 aliphatic heterocycles. The van der Waals surface area contributed by atoms with Crippen molar-refractivity contribution in [1.29, 1.82) is 0 Å². The highest BCUT2D eigenvalue weighted by Crippen LogP contribution is 2.46. The van der Waals surface area contributed by atoms with Gasteiger partial charge in [0.2, 0.25) is 5.95 Å². The Hall–Kier alpha value is -3.08. The molecule has 7 nitrogen and oxygen atoms in total. The summed E-state index contributed by atoms with van der Waals surface area (Å²) < 4.78 is 67.0. The van der Waals surface area contributed by atoms with E-state index in [1.54, 1.807) is 18.2 Å². The van der Waals surface area contributed by atoms with E-state index in [0.717, 1.165) is 25.5 Å². The van der Waals surface area contributed by atoms with Gasteiger partial charge in [0.25, 0.3) is 0 Å². The standard InChI is InChI=1S/C26H30F3N3O4S/c1-16-11-19(14-25(2,3)13-16)32-22-12-17(23(33)15-37(4,34)35)5-10-21(22)31-24(32)30-18-6-8-20(9-7-18)36-26(27,28)29/h5-10,12,16,19H,11,13-15H2,1-4H3,(H,30,31)/t16-,19+/m0/s1. The number of halogens is 3. The number of carbonyl (C=O) groups is 1. The van der Waals surface area contributed by atoms with E-state index in [9.17, 15) is 26.4 Å². The molecule has 1 aliphatic carbocycles. The molecule has 2 aromatic carbocycles. The normalized spacial score (nSPS) is 20.1. The summed E-state index contributed by atoms with van der Waals surface area (Å²) in [5.74, 6) is -0.486. The molecule has 37 heavy (non-hydrogen) atoms. The Balaban J connectivity index is 1.76. The van der Waals surface area contributed by atoms with Gasteiger partial charge >= 0.3 is 6.36 Å². The Bertz CT molecular complexity index is 1410. The third-order valence-corrected chi connectivity index (χ3v) is 7.26. The molecule has 0 radical (unpaired) electrons. The Kier molecular flexibility index (Phi) is 7.04. The van der Waals surface area contributed by atoms with E-state index in [4.69, 9.17) is 4.98 Å². The van der Waals surface area contributed by atoms with Crippen LogP contribution >= 0.6 is 0 Å². The van der Waals surface area contributed by atoms with Crippen LogP contribution in [0.1, 0.15) is 56.4 Å². The largest absolute Gasteiger partial charge is 0.573 e. The Labute approximate surface area is 213 Å². The second-order valence-corrected chi connectivity index (χ2v) is 12.9. The predicted octanol–water partition coefficient (Wildman–Crippen LogP) is 6.29. The number of ketones is 1. The Morgan fingerprint density at radius 2 is 1.84 bits per heavy atom. The number of hydrogen-bond donors (Lipinski definition) is 1. The minimum Gasteiger partial charge on any atom is -0.406 e. The molecule has 0 saturated heterocycles. The van der Waals surface area contributed by atoms with Crippen LogP contribution in [0.15, 0.2) is 42.5 Å². The molecule has 4 rings (SSSR count). The zero-order valence-electron chi connectivity index (χ0n) is 21.1. The number of ether oxygens (including phenoxy) is 1. The fraction of sp³-hybridized carbons (Fsp3) is 0.462. The van der Waals surface area contributed by atoms with Gasteiger partial charge in [0.15, 0.2) is 15.6 Å². The monoisotopic (exact) mass is 537 g/mol. The summed E-state index contributed by atoms with van der Waals surface area (Å²) in [6.45, 7) is 6.62. The fourth-order valence-electron chi connectivity index (χ4n) is 5.41. The van der Waals surface area contributed by atoms with Gasteiger partial charge in [0.1, 0.15) is 11.5 Å². The van der Waals surface area contributed by atoms with Crippen LogP contribution in [-0.4, -0.2) is 42.1 Å². The van der Waals surface area contributed by atoms with Crippen molar-refractivity contribution in [1.82, 2.24) is 9.55 Å². The quantitative estimate of drug-likeness (QED) is 0.356. The fourth-order valence-corrected chi connectivity index (χ4v) is 6.05. The van der Waals surface area contributed by atoms with Gasteiger partial charge in [-0.1, -0.05) is 20.8 Å². The lowest BCUT2D eigenvalue weighted by Crippen LogP contribution is -2.29. The predicted molar refractivity (Wildman–Crippen MR) is 136 cm³/mol. The van der Waals surface area contributed by atoms with Crippen molar-refractivity contribution < 1.29 is 31.1 Å². The molecule has 1 aromatic heterocycles. The van der Waals surface area contributed by atoms with Crippen LogP contribution in [0.3, 0.4) is 0 Å². The van der Waals surface area contributed by atoms with E-state index in [-0.39, 0.29) is 22.8 Å². The summed E-state index contributed by atoms with van der Waals surface area (Å²) in [5.41, 5.74) is 2.17. The Morgan fingerprint density at radius 1 is 1.16 bits per heavy atom. The van der Waals surface area contributed by atoms with E-state index in [1.165, 1.54) is 24.3 Å². The van der Waals surface area contributed by atoms with Crippen LogP contribution in [0.2, 0.25) is 0 Å². The van der Waals surface area contributed by atoms with Crippen LogP contribution < -0.4 is 10.1 Å². The highest BCUT2D eigenvalue weighted by atomic mass is 32.2. The number of hydrogen-bond acceptors (Lipinski definition) is 6. The molecule has 0 unspecified atom stereocenters. The third kappa shape index (κ3) is 6.82. The first kappa shape index (κ1) is 27.0. The van der Waals surface area contributed by atoms with E-state index in [1.807, 2.05) is 4.57 Å². The van der Waals surface area contributed by atoms with Crippen LogP contribution in [0.25, 0.3) is 11.0 Å². The van der Waals surface area contributed by atoms with Crippen molar-refractivity contribution in [2.45, 2.75) is 52.4 Å². The maximum atomic E-state index is 12.7. The van der Waals surface area contributed by atoms with Gasteiger partial charge in [0.05, 0.1) is 11.0 Å². The van der Waals surface area contributed by atoms with Gasteiger partial charge in [-0.15, -0.1) is 13.2 Å². The lowest BCUT2D eigenvalue weighted by molar-refractivity contribution is -0.274. The summed E-state index contributed by atoms with van der Waals surface area (Å²) >= 11 is 0. The highest BCUT2D eigenvalue weighted by molar-refractivity contribution is 7.91. The van der Waals surface area contributed by atoms with Gasteiger partial charge in [-0.3, -0.25) is 4.79 Å². The molecular weight excluding hydrogens is 507 g/mol. The number of nitrogens with zero attached hydrogens (tertiary/aromatic N) is 2. The van der Waals surface area contributed by atoms with Crippen molar-refractivity contribution in [3.05, 3.63) is 48.0 Å². The van der Waals surface area contributed by atoms with Gasteiger partial charge in [-0.05, 0) is 73.1 Å². The molecule has 200 valence electrons. The van der Waals surface area contributed by atoms with Crippen LogP contribution in [0, 0.1) is 11.3 Å². The third-order valence-electron chi connectivity index (χ3n) is 6.48. The number of Topliss-reactive ketones (excluding diaryl/α,β-unsaturated/α-hetero) is 1. The molecule has 0 amide bonds. The number of carbonyl (C=O) groups excluding carboxylic acids is 1. The molecule has 1 saturated carbocycles. The molecule has 2 atom stereocenters. The molecular formula is C26H30F3N3O4S. The van der Waals surface area contributed by atoms with Crippen molar-refractivity contribution in [2.75, 3.05) is 17.3 Å². The number of rotatable bonds is 7. The minimum atomic E-state index is -4.78. The number of fused-ring (bicyclic) bond motifs is 1. The number of aromatic nitrogens is 2. The molecule has 1 aliphatic rings. The van der Waals surface area contributed by atoms with Gasteiger partial charge < -0.3 is 14.6 Å². The first-order chi connectivity index (χ1) is 17.1. The zero-order chi connectivity index (χ0) is 27.2. The first-order valence-electron chi connectivity index (χ1n) is 11.9. The van der Waals surface area contributed by atoms with Gasteiger partial charge in [-0.25, -0.2) is 13.4 Å².